The van der Waals surface area contributed by atoms with Crippen molar-refractivity contribution in [1.82, 2.24) is 4.98 Å². The molecule has 0 aliphatic heterocycles. The van der Waals surface area contributed by atoms with Gasteiger partial charge < -0.3 is 15.4 Å². The molecule has 0 aliphatic carbocycles. The Kier molecular flexibility index (Phi) is 3.36. The van der Waals surface area contributed by atoms with E-state index in [1.807, 2.05) is 54.4 Å². The van der Waals surface area contributed by atoms with Crippen molar-refractivity contribution in [2.75, 3.05) is 24.8 Å². The van der Waals surface area contributed by atoms with Crippen LogP contribution in [0.2, 0.25) is 0 Å². The van der Waals surface area contributed by atoms with Gasteiger partial charge >= 0.3 is 0 Å². The standard InChI is InChI=1S/C17H17N3O/c1-20(13-8-9-16(21-2)14(18)11-13)17-10-7-12-5-3-4-6-15(12)19-17/h3-11H,18H2,1-2H3. The molecule has 0 saturated carbocycles. The molecule has 0 atom stereocenters. The topological polar surface area (TPSA) is 51.4 Å². The molecule has 3 aromatic rings. The predicted octanol–water partition coefficient (Wildman–Crippen LogP) is 3.59. The highest BCUT2D eigenvalue weighted by atomic mass is 16.5. The van der Waals surface area contributed by atoms with Crippen LogP contribution in [0.4, 0.5) is 17.2 Å². The number of nitrogens with zero attached hydrogens (tertiary/aromatic N) is 2. The van der Waals surface area contributed by atoms with Crippen molar-refractivity contribution in [3.63, 3.8) is 0 Å². The van der Waals surface area contributed by atoms with Gasteiger partial charge in [0, 0.05) is 18.1 Å². The molecular weight excluding hydrogens is 262 g/mol. The third kappa shape index (κ3) is 2.48. The number of rotatable bonds is 3. The lowest BCUT2D eigenvalue weighted by Crippen LogP contribution is -2.11. The lowest BCUT2D eigenvalue weighted by Gasteiger charge is -2.19. The smallest absolute Gasteiger partial charge is 0.141 e. The van der Waals surface area contributed by atoms with Gasteiger partial charge in [-0.1, -0.05) is 18.2 Å². The van der Waals surface area contributed by atoms with Gasteiger partial charge in [-0.15, -0.1) is 0 Å². The van der Waals surface area contributed by atoms with E-state index in [-0.39, 0.29) is 0 Å². The Morgan fingerprint density at radius 2 is 1.86 bits per heavy atom. The van der Waals surface area contributed by atoms with E-state index in [0.29, 0.717) is 11.4 Å². The Hall–Kier alpha value is -2.75. The second kappa shape index (κ2) is 5.32. The van der Waals surface area contributed by atoms with Gasteiger partial charge in [-0.3, -0.25) is 0 Å². The van der Waals surface area contributed by atoms with Gasteiger partial charge in [0.15, 0.2) is 0 Å². The van der Waals surface area contributed by atoms with E-state index in [0.717, 1.165) is 22.4 Å². The second-order valence-electron chi connectivity index (χ2n) is 4.85. The van der Waals surface area contributed by atoms with E-state index in [1.165, 1.54) is 0 Å². The third-order valence-corrected chi connectivity index (χ3v) is 3.53. The van der Waals surface area contributed by atoms with Crippen molar-refractivity contribution in [3.05, 3.63) is 54.6 Å². The molecule has 21 heavy (non-hydrogen) atoms. The monoisotopic (exact) mass is 279 g/mol. The molecule has 0 amide bonds. The highest BCUT2D eigenvalue weighted by molar-refractivity contribution is 5.81. The molecule has 1 heterocycles. The number of ether oxygens (including phenoxy) is 1. The molecule has 4 nitrogen and oxygen atoms in total. The summed E-state index contributed by atoms with van der Waals surface area (Å²) in [6, 6.07) is 17.8. The zero-order valence-corrected chi connectivity index (χ0v) is 12.1. The van der Waals surface area contributed by atoms with Gasteiger partial charge in [-0.05, 0) is 36.4 Å². The van der Waals surface area contributed by atoms with Crippen LogP contribution in [0.1, 0.15) is 0 Å². The summed E-state index contributed by atoms with van der Waals surface area (Å²) < 4.78 is 5.18. The molecule has 4 heteroatoms. The number of nitrogens with two attached hydrogens (primary N) is 1. The fourth-order valence-corrected chi connectivity index (χ4v) is 2.30. The molecule has 2 aromatic carbocycles. The fourth-order valence-electron chi connectivity index (χ4n) is 2.30. The molecule has 0 saturated heterocycles. The van der Waals surface area contributed by atoms with Gasteiger partial charge in [-0.2, -0.15) is 0 Å². The minimum Gasteiger partial charge on any atom is -0.495 e. The minimum atomic E-state index is 0.614. The first-order chi connectivity index (χ1) is 10.2. The molecular formula is C17H17N3O. The summed E-state index contributed by atoms with van der Waals surface area (Å²) in [7, 11) is 3.58. The summed E-state index contributed by atoms with van der Waals surface area (Å²) in [6.07, 6.45) is 0. The van der Waals surface area contributed by atoms with Crippen LogP contribution >= 0.6 is 0 Å². The zero-order valence-electron chi connectivity index (χ0n) is 12.1. The van der Waals surface area contributed by atoms with Crippen molar-refractivity contribution < 1.29 is 4.74 Å². The molecule has 0 bridgehead atoms. The molecule has 3 rings (SSSR count). The molecule has 1 aromatic heterocycles. The maximum absolute atomic E-state index is 5.97. The number of aromatic nitrogens is 1. The van der Waals surface area contributed by atoms with Crippen molar-refractivity contribution >= 4 is 28.1 Å². The first kappa shape index (κ1) is 13.2. The summed E-state index contributed by atoms with van der Waals surface area (Å²) in [5.41, 5.74) is 8.52. The Labute approximate surface area is 123 Å². The van der Waals surface area contributed by atoms with Crippen LogP contribution in [0.15, 0.2) is 54.6 Å². The van der Waals surface area contributed by atoms with Gasteiger partial charge in [0.25, 0.3) is 0 Å². The van der Waals surface area contributed by atoms with Crippen molar-refractivity contribution in [1.29, 1.82) is 0 Å². The number of benzene rings is 2. The fraction of sp³-hybridized carbons (Fsp3) is 0.118. The van der Waals surface area contributed by atoms with Crippen LogP contribution in [0.3, 0.4) is 0 Å². The quantitative estimate of drug-likeness (QED) is 0.744. The highest BCUT2D eigenvalue weighted by Crippen LogP contribution is 2.30. The molecule has 0 radical (unpaired) electrons. The van der Waals surface area contributed by atoms with E-state index in [2.05, 4.69) is 17.1 Å². The number of hydrogen-bond acceptors (Lipinski definition) is 4. The van der Waals surface area contributed by atoms with Crippen LogP contribution in [0.5, 0.6) is 5.75 Å². The summed E-state index contributed by atoms with van der Waals surface area (Å²) in [6.45, 7) is 0. The van der Waals surface area contributed by atoms with Crippen LogP contribution in [0, 0.1) is 0 Å². The molecule has 0 fully saturated rings. The Bertz CT molecular complexity index is 786. The average Bonchev–Trinajstić information content (AvgIpc) is 2.53. The number of para-hydroxylation sites is 1. The summed E-state index contributed by atoms with van der Waals surface area (Å²) in [5, 5.41) is 1.13. The zero-order chi connectivity index (χ0) is 14.8. The highest BCUT2D eigenvalue weighted by Gasteiger charge is 2.08. The molecule has 2 N–H and O–H groups in total. The van der Waals surface area contributed by atoms with Gasteiger partial charge in [0.05, 0.1) is 18.3 Å². The van der Waals surface area contributed by atoms with Crippen LogP contribution in [-0.2, 0) is 0 Å². The normalized spacial score (nSPS) is 10.6. The predicted molar refractivity (Wildman–Crippen MR) is 87.2 cm³/mol. The van der Waals surface area contributed by atoms with Crippen molar-refractivity contribution in [2.24, 2.45) is 0 Å². The number of fused-ring (bicyclic) bond motifs is 1. The van der Waals surface area contributed by atoms with Gasteiger partial charge in [-0.25, -0.2) is 4.98 Å². The molecule has 0 spiro atoms. The number of pyridine rings is 1. The number of anilines is 3. The maximum atomic E-state index is 5.97. The molecule has 0 unspecified atom stereocenters. The van der Waals surface area contributed by atoms with Crippen LogP contribution < -0.4 is 15.4 Å². The lowest BCUT2D eigenvalue weighted by atomic mass is 10.2. The SMILES string of the molecule is COc1ccc(N(C)c2ccc3ccccc3n2)cc1N. The van der Waals surface area contributed by atoms with Crippen molar-refractivity contribution in [3.8, 4) is 5.75 Å². The van der Waals surface area contributed by atoms with E-state index < -0.39 is 0 Å². The largest absolute Gasteiger partial charge is 0.495 e. The van der Waals surface area contributed by atoms with Crippen LogP contribution in [-0.4, -0.2) is 19.1 Å². The summed E-state index contributed by atoms with van der Waals surface area (Å²) >= 11 is 0. The van der Waals surface area contributed by atoms with E-state index in [4.69, 9.17) is 10.5 Å². The van der Waals surface area contributed by atoms with Crippen molar-refractivity contribution in [2.45, 2.75) is 0 Å². The van der Waals surface area contributed by atoms with Crippen LogP contribution in [0.25, 0.3) is 10.9 Å². The molecule has 106 valence electrons. The molecule has 0 aliphatic rings. The van der Waals surface area contributed by atoms with Gasteiger partial charge in [0.2, 0.25) is 0 Å². The maximum Gasteiger partial charge on any atom is 0.141 e. The summed E-state index contributed by atoms with van der Waals surface area (Å²) in [4.78, 5) is 6.68. The number of nitrogen functional groups attached to an aromatic ring is 1. The van der Waals surface area contributed by atoms with E-state index >= 15 is 0 Å². The van der Waals surface area contributed by atoms with Gasteiger partial charge in [0.1, 0.15) is 11.6 Å². The Morgan fingerprint density at radius 1 is 1.05 bits per heavy atom. The average molecular weight is 279 g/mol. The third-order valence-electron chi connectivity index (χ3n) is 3.53. The van der Waals surface area contributed by atoms with E-state index in [9.17, 15) is 0 Å². The first-order valence-corrected chi connectivity index (χ1v) is 6.72. The van der Waals surface area contributed by atoms with E-state index in [1.54, 1.807) is 7.11 Å². The summed E-state index contributed by atoms with van der Waals surface area (Å²) in [5.74, 6) is 1.55. The minimum absolute atomic E-state index is 0.614. The lowest BCUT2D eigenvalue weighted by molar-refractivity contribution is 0.417. The number of hydrogen-bond donors (Lipinski definition) is 1. The Balaban J connectivity index is 1.99. The number of methoxy groups -OCH3 is 1. The second-order valence-corrected chi connectivity index (χ2v) is 4.85. The first-order valence-electron chi connectivity index (χ1n) is 6.72. The Morgan fingerprint density at radius 3 is 2.62 bits per heavy atom.